The molecule has 0 spiro atoms. The summed E-state index contributed by atoms with van der Waals surface area (Å²) in [6, 6.07) is 0.222. The summed E-state index contributed by atoms with van der Waals surface area (Å²) in [6.45, 7) is 18.7. The van der Waals surface area contributed by atoms with Crippen molar-refractivity contribution in [2.75, 3.05) is 6.54 Å². The average molecular weight is 271 g/mol. The van der Waals surface area contributed by atoms with Gasteiger partial charge in [-0.05, 0) is 39.5 Å². The van der Waals surface area contributed by atoms with E-state index in [1.54, 1.807) is 0 Å². The van der Waals surface area contributed by atoms with Crippen LogP contribution in [0.4, 0.5) is 4.79 Å². The van der Waals surface area contributed by atoms with Gasteiger partial charge in [0, 0.05) is 18.6 Å². The lowest BCUT2D eigenvalue weighted by atomic mass is 10.0. The van der Waals surface area contributed by atoms with Crippen molar-refractivity contribution in [1.82, 2.24) is 10.6 Å². The van der Waals surface area contributed by atoms with Crippen LogP contribution in [0.2, 0.25) is 0 Å². The van der Waals surface area contributed by atoms with E-state index in [0.29, 0.717) is 18.4 Å². The Balaban J connectivity index is 4.31. The molecule has 2 N–H and O–H groups in total. The van der Waals surface area contributed by atoms with Crippen molar-refractivity contribution in [3.63, 3.8) is 0 Å². The maximum absolute atomic E-state index is 11.8. The number of rotatable bonds is 6. The largest absolute Gasteiger partial charge is 0.444 e. The van der Waals surface area contributed by atoms with E-state index in [-0.39, 0.29) is 18.2 Å². The molecule has 0 fully saturated rings. The first-order valence-electron chi connectivity index (χ1n) is 7.09. The third-order valence-corrected chi connectivity index (χ3v) is 2.91. The molecule has 0 aromatic carbocycles. The minimum Gasteiger partial charge on any atom is -0.444 e. The van der Waals surface area contributed by atoms with Crippen LogP contribution in [0.1, 0.15) is 48.5 Å². The van der Waals surface area contributed by atoms with E-state index in [2.05, 4.69) is 45.3 Å². The molecule has 19 heavy (non-hydrogen) atoms. The van der Waals surface area contributed by atoms with Crippen LogP contribution >= 0.6 is 0 Å². The van der Waals surface area contributed by atoms with Gasteiger partial charge in [0.1, 0.15) is 5.60 Å². The third-order valence-electron chi connectivity index (χ3n) is 2.91. The normalized spacial score (nSPS) is 15.5. The number of nitrogens with one attached hydrogen (secondary N) is 2. The SMILES string of the molecule is [CH2][C@H](NC[C@H](NC(=O)OC(C)(C)C)C(C)C)C(C)C. The maximum atomic E-state index is 11.8. The van der Waals surface area contributed by atoms with Crippen LogP contribution in [0.3, 0.4) is 0 Å². The van der Waals surface area contributed by atoms with Gasteiger partial charge in [-0.15, -0.1) is 0 Å². The van der Waals surface area contributed by atoms with Crippen molar-refractivity contribution >= 4 is 6.09 Å². The molecular weight excluding hydrogens is 240 g/mol. The lowest BCUT2D eigenvalue weighted by Crippen LogP contribution is -2.49. The second-order valence-electron chi connectivity index (χ2n) is 6.76. The zero-order valence-corrected chi connectivity index (χ0v) is 13.5. The Labute approximate surface area is 118 Å². The molecular formula is C15H31N2O2. The van der Waals surface area contributed by atoms with Crippen LogP contribution < -0.4 is 10.6 Å². The Hall–Kier alpha value is -0.770. The summed E-state index contributed by atoms with van der Waals surface area (Å²) in [7, 11) is 0. The molecule has 0 bridgehead atoms. The van der Waals surface area contributed by atoms with E-state index < -0.39 is 5.60 Å². The standard InChI is InChI=1S/C15H31N2O2/c1-10(2)12(5)16-9-13(11(3)4)17-14(18)19-15(6,7)8/h10-13,16H,5,9H2,1-4,6-8H3,(H,17,18)/t12-,13-/m0/s1. The molecule has 0 saturated carbocycles. The number of alkyl carbamates (subject to hydrolysis) is 1. The summed E-state index contributed by atoms with van der Waals surface area (Å²) in [5.74, 6) is 0.800. The monoisotopic (exact) mass is 271 g/mol. The number of amides is 1. The van der Waals surface area contributed by atoms with Crippen molar-refractivity contribution < 1.29 is 9.53 Å². The summed E-state index contributed by atoms with van der Waals surface area (Å²) in [4.78, 5) is 11.8. The zero-order valence-electron chi connectivity index (χ0n) is 13.5. The van der Waals surface area contributed by atoms with Crippen LogP contribution in [-0.4, -0.2) is 30.3 Å². The number of hydrogen-bond acceptors (Lipinski definition) is 3. The fourth-order valence-electron chi connectivity index (χ4n) is 1.43. The second-order valence-corrected chi connectivity index (χ2v) is 6.76. The third kappa shape index (κ3) is 8.87. The van der Waals surface area contributed by atoms with Gasteiger partial charge in [0.2, 0.25) is 0 Å². The molecule has 4 heteroatoms. The van der Waals surface area contributed by atoms with Crippen LogP contribution in [-0.2, 0) is 4.74 Å². The van der Waals surface area contributed by atoms with Crippen LogP contribution in [0.5, 0.6) is 0 Å². The predicted octanol–water partition coefficient (Wildman–Crippen LogP) is 2.98. The molecule has 1 amide bonds. The van der Waals surface area contributed by atoms with Gasteiger partial charge >= 0.3 is 6.09 Å². The Morgan fingerprint density at radius 3 is 2.05 bits per heavy atom. The smallest absolute Gasteiger partial charge is 0.407 e. The Kier molecular flexibility index (Phi) is 7.42. The summed E-state index contributed by atoms with van der Waals surface area (Å²) in [5.41, 5.74) is -0.466. The van der Waals surface area contributed by atoms with Gasteiger partial charge in [-0.1, -0.05) is 27.7 Å². The van der Waals surface area contributed by atoms with E-state index in [4.69, 9.17) is 4.74 Å². The van der Waals surface area contributed by atoms with E-state index in [1.165, 1.54) is 0 Å². The number of hydrogen-bond donors (Lipinski definition) is 2. The van der Waals surface area contributed by atoms with Gasteiger partial charge in [0.05, 0.1) is 0 Å². The van der Waals surface area contributed by atoms with Crippen LogP contribution in [0.15, 0.2) is 0 Å². The molecule has 0 aliphatic heterocycles. The topological polar surface area (TPSA) is 50.4 Å². The van der Waals surface area contributed by atoms with Crippen molar-refractivity contribution in [3.8, 4) is 0 Å². The van der Waals surface area contributed by atoms with Crippen molar-refractivity contribution in [2.24, 2.45) is 11.8 Å². The first-order chi connectivity index (χ1) is 8.53. The molecule has 0 aliphatic rings. The molecule has 2 atom stereocenters. The summed E-state index contributed by atoms with van der Waals surface area (Å²) in [6.07, 6.45) is -0.363. The molecule has 113 valence electrons. The highest BCUT2D eigenvalue weighted by Crippen LogP contribution is 2.09. The highest BCUT2D eigenvalue weighted by Gasteiger charge is 2.22. The van der Waals surface area contributed by atoms with Gasteiger partial charge in [-0.2, -0.15) is 0 Å². The number of carbonyl (C=O) groups excluding carboxylic acids is 1. The van der Waals surface area contributed by atoms with Crippen molar-refractivity contribution in [3.05, 3.63) is 6.92 Å². The summed E-state index contributed by atoms with van der Waals surface area (Å²) < 4.78 is 5.28. The number of ether oxygens (including phenoxy) is 1. The highest BCUT2D eigenvalue weighted by molar-refractivity contribution is 5.68. The van der Waals surface area contributed by atoms with Crippen LogP contribution in [0.25, 0.3) is 0 Å². The molecule has 0 unspecified atom stereocenters. The quantitative estimate of drug-likeness (QED) is 0.781. The zero-order chi connectivity index (χ0) is 15.2. The first kappa shape index (κ1) is 18.2. The van der Waals surface area contributed by atoms with E-state index in [0.717, 1.165) is 0 Å². The fraction of sp³-hybridized carbons (Fsp3) is 0.867. The Bertz CT molecular complexity index is 270. The molecule has 0 heterocycles. The average Bonchev–Trinajstić information content (AvgIpc) is 2.20. The molecule has 0 rings (SSSR count). The van der Waals surface area contributed by atoms with Gasteiger partial charge < -0.3 is 15.4 Å². The van der Waals surface area contributed by atoms with E-state index >= 15 is 0 Å². The minimum absolute atomic E-state index is 0.0397. The van der Waals surface area contributed by atoms with Crippen molar-refractivity contribution in [1.29, 1.82) is 0 Å². The van der Waals surface area contributed by atoms with E-state index in [9.17, 15) is 4.79 Å². The summed E-state index contributed by atoms with van der Waals surface area (Å²) in [5, 5.41) is 6.27. The molecule has 0 aromatic rings. The molecule has 0 aliphatic carbocycles. The Morgan fingerprint density at radius 1 is 1.16 bits per heavy atom. The minimum atomic E-state index is -0.466. The van der Waals surface area contributed by atoms with Gasteiger partial charge in [-0.25, -0.2) is 4.79 Å². The first-order valence-corrected chi connectivity index (χ1v) is 7.09. The van der Waals surface area contributed by atoms with Crippen LogP contribution in [0, 0.1) is 18.8 Å². The lowest BCUT2D eigenvalue weighted by molar-refractivity contribution is 0.0489. The summed E-state index contributed by atoms with van der Waals surface area (Å²) >= 11 is 0. The van der Waals surface area contributed by atoms with Gasteiger partial charge in [-0.3, -0.25) is 0 Å². The second kappa shape index (κ2) is 7.73. The molecule has 0 saturated heterocycles. The molecule has 1 radical (unpaired) electrons. The molecule has 0 aromatic heterocycles. The molecule has 4 nitrogen and oxygen atoms in total. The highest BCUT2D eigenvalue weighted by atomic mass is 16.6. The van der Waals surface area contributed by atoms with Crippen molar-refractivity contribution in [2.45, 2.75) is 66.2 Å². The maximum Gasteiger partial charge on any atom is 0.407 e. The number of carbonyl (C=O) groups is 1. The van der Waals surface area contributed by atoms with Gasteiger partial charge in [0.15, 0.2) is 0 Å². The lowest BCUT2D eigenvalue weighted by Gasteiger charge is -2.28. The van der Waals surface area contributed by atoms with Gasteiger partial charge in [0.25, 0.3) is 0 Å². The predicted molar refractivity (Wildman–Crippen MR) is 80.0 cm³/mol. The Morgan fingerprint density at radius 2 is 1.68 bits per heavy atom. The van der Waals surface area contributed by atoms with E-state index in [1.807, 2.05) is 20.8 Å². The fourth-order valence-corrected chi connectivity index (χ4v) is 1.43.